The van der Waals surface area contributed by atoms with Crippen LogP contribution in [0.5, 0.6) is 0 Å². The second kappa shape index (κ2) is 9.27. The number of hydrogen-bond acceptors (Lipinski definition) is 4. The summed E-state index contributed by atoms with van der Waals surface area (Å²) in [4.78, 5) is 22.5. The number of nitrogens with zero attached hydrogens (tertiary/aromatic N) is 2. The Morgan fingerprint density at radius 1 is 1.20 bits per heavy atom. The van der Waals surface area contributed by atoms with Crippen LogP contribution in [0.25, 0.3) is 11.1 Å². The Bertz CT molecular complexity index is 1030. The largest absolute Gasteiger partial charge is 0.352 e. The molecule has 1 aliphatic rings. The van der Waals surface area contributed by atoms with E-state index < -0.39 is 0 Å². The molecule has 4 nitrogen and oxygen atoms in total. The van der Waals surface area contributed by atoms with Crippen LogP contribution in [0, 0.1) is 19.8 Å². The molecule has 30 heavy (non-hydrogen) atoms. The molecule has 1 aliphatic carbocycles. The molecule has 3 aromatic rings. The number of nitrogens with one attached hydrogen (secondary N) is 1. The number of carbonyl (C=O) groups excluding carboxylic acids is 1. The van der Waals surface area contributed by atoms with Crippen molar-refractivity contribution in [1.29, 1.82) is 0 Å². The van der Waals surface area contributed by atoms with E-state index in [-0.39, 0.29) is 5.91 Å². The van der Waals surface area contributed by atoms with Gasteiger partial charge in [0.05, 0.1) is 16.3 Å². The lowest BCUT2D eigenvalue weighted by Gasteiger charge is -2.29. The molecule has 0 aromatic carbocycles. The average Bonchev–Trinajstić information content (AvgIpc) is 3.11. The van der Waals surface area contributed by atoms with Gasteiger partial charge in [-0.25, -0.2) is 0 Å². The van der Waals surface area contributed by atoms with Crippen LogP contribution in [-0.4, -0.2) is 22.4 Å². The maximum absolute atomic E-state index is 12.5. The lowest BCUT2D eigenvalue weighted by molar-refractivity contribution is 0.0942. The molecule has 0 spiro atoms. The fourth-order valence-corrected chi connectivity index (χ4v) is 5.27. The number of thiophene rings is 1. The lowest BCUT2D eigenvalue weighted by atomic mass is 9.78. The molecule has 0 bridgehead atoms. The fraction of sp³-hybridized carbons (Fsp3) is 0.375. The summed E-state index contributed by atoms with van der Waals surface area (Å²) in [5.74, 6) is 0.986. The number of pyridine rings is 2. The molecule has 3 aromatic heterocycles. The van der Waals surface area contributed by atoms with E-state index in [9.17, 15) is 4.79 Å². The molecule has 4 rings (SSSR count). The van der Waals surface area contributed by atoms with Gasteiger partial charge in [-0.2, -0.15) is 0 Å². The summed E-state index contributed by atoms with van der Waals surface area (Å²) in [5, 5.41) is 5.77. The first-order valence-electron chi connectivity index (χ1n) is 10.4. The van der Waals surface area contributed by atoms with E-state index in [1.807, 2.05) is 30.5 Å². The SMILES string of the molecule is Cc1scc(C(=O)NCC2CCC(c3ncc(Cl)cc3-c3ccncc3)CC2)c1C. The molecule has 3 heterocycles. The normalized spacial score (nSPS) is 18.9. The van der Waals surface area contributed by atoms with E-state index in [1.54, 1.807) is 29.9 Å². The molecule has 6 heteroatoms. The van der Waals surface area contributed by atoms with Crippen molar-refractivity contribution in [3.8, 4) is 11.1 Å². The van der Waals surface area contributed by atoms with Crippen LogP contribution in [-0.2, 0) is 0 Å². The molecule has 156 valence electrons. The van der Waals surface area contributed by atoms with Crippen LogP contribution in [0.15, 0.2) is 42.2 Å². The molecular formula is C24H26ClN3OS. The average molecular weight is 440 g/mol. The van der Waals surface area contributed by atoms with E-state index in [1.165, 1.54) is 4.88 Å². The summed E-state index contributed by atoms with van der Waals surface area (Å²) < 4.78 is 0. The van der Waals surface area contributed by atoms with Crippen LogP contribution in [0.2, 0.25) is 5.02 Å². The van der Waals surface area contributed by atoms with Crippen molar-refractivity contribution in [3.05, 3.63) is 68.9 Å². The number of rotatable bonds is 5. The summed E-state index contributed by atoms with van der Waals surface area (Å²) in [6.07, 6.45) is 9.68. The minimum atomic E-state index is 0.0540. The zero-order valence-corrected chi connectivity index (χ0v) is 18.9. The highest BCUT2D eigenvalue weighted by atomic mass is 35.5. The van der Waals surface area contributed by atoms with Crippen LogP contribution >= 0.6 is 22.9 Å². The minimum Gasteiger partial charge on any atom is -0.352 e. The van der Waals surface area contributed by atoms with Crippen molar-refractivity contribution < 1.29 is 4.79 Å². The van der Waals surface area contributed by atoms with Crippen molar-refractivity contribution in [1.82, 2.24) is 15.3 Å². The zero-order chi connectivity index (χ0) is 21.1. The fourth-order valence-electron chi connectivity index (χ4n) is 4.25. The second-order valence-electron chi connectivity index (χ2n) is 8.08. The van der Waals surface area contributed by atoms with Crippen LogP contribution in [0.4, 0.5) is 0 Å². The van der Waals surface area contributed by atoms with Gasteiger partial charge >= 0.3 is 0 Å². The van der Waals surface area contributed by atoms with Gasteiger partial charge in [-0.3, -0.25) is 14.8 Å². The van der Waals surface area contributed by atoms with Crippen molar-refractivity contribution in [2.45, 2.75) is 45.4 Å². The predicted octanol–water partition coefficient (Wildman–Crippen LogP) is 6.18. The van der Waals surface area contributed by atoms with E-state index in [2.05, 4.69) is 17.2 Å². The van der Waals surface area contributed by atoms with Crippen molar-refractivity contribution in [3.63, 3.8) is 0 Å². The Hall–Kier alpha value is -2.24. The number of hydrogen-bond donors (Lipinski definition) is 1. The maximum atomic E-state index is 12.5. The molecule has 0 radical (unpaired) electrons. The molecule has 1 fully saturated rings. The van der Waals surface area contributed by atoms with Gasteiger partial charge in [0.1, 0.15) is 0 Å². The van der Waals surface area contributed by atoms with Gasteiger partial charge in [0.25, 0.3) is 5.91 Å². The summed E-state index contributed by atoms with van der Waals surface area (Å²) in [6, 6.07) is 6.02. The summed E-state index contributed by atoms with van der Waals surface area (Å²) in [5.41, 5.74) is 5.24. The number of carbonyl (C=O) groups is 1. The van der Waals surface area contributed by atoms with Crippen LogP contribution < -0.4 is 5.32 Å². The first-order chi connectivity index (χ1) is 14.5. The molecule has 1 amide bonds. The van der Waals surface area contributed by atoms with Gasteiger partial charge in [-0.1, -0.05) is 11.6 Å². The topological polar surface area (TPSA) is 54.9 Å². The number of amides is 1. The molecule has 0 atom stereocenters. The number of aromatic nitrogens is 2. The minimum absolute atomic E-state index is 0.0540. The van der Waals surface area contributed by atoms with Crippen molar-refractivity contribution in [2.24, 2.45) is 5.92 Å². The lowest BCUT2D eigenvalue weighted by Crippen LogP contribution is -2.31. The van der Waals surface area contributed by atoms with Gasteiger partial charge in [0.2, 0.25) is 0 Å². The Morgan fingerprint density at radius 3 is 2.60 bits per heavy atom. The highest BCUT2D eigenvalue weighted by molar-refractivity contribution is 7.10. The van der Waals surface area contributed by atoms with Crippen molar-refractivity contribution >= 4 is 28.8 Å². The third-order valence-electron chi connectivity index (χ3n) is 6.19. The van der Waals surface area contributed by atoms with E-state index in [4.69, 9.17) is 16.6 Å². The van der Waals surface area contributed by atoms with E-state index in [0.29, 0.717) is 16.9 Å². The summed E-state index contributed by atoms with van der Waals surface area (Å²) in [6.45, 7) is 4.82. The standard InChI is InChI=1S/C24H26ClN3OS/c1-15-16(2)30-14-22(15)24(29)28-12-17-3-5-19(6-4-17)23-21(11-20(25)13-27-23)18-7-9-26-10-8-18/h7-11,13-14,17,19H,3-6,12H2,1-2H3,(H,28,29). The van der Waals surface area contributed by atoms with Crippen molar-refractivity contribution in [2.75, 3.05) is 6.54 Å². The zero-order valence-electron chi connectivity index (χ0n) is 17.3. The second-order valence-corrected chi connectivity index (χ2v) is 9.60. The molecule has 1 saturated carbocycles. The summed E-state index contributed by atoms with van der Waals surface area (Å²) >= 11 is 7.88. The number of aryl methyl sites for hydroxylation is 1. The van der Waals surface area contributed by atoms with Crippen LogP contribution in [0.1, 0.15) is 58.1 Å². The summed E-state index contributed by atoms with van der Waals surface area (Å²) in [7, 11) is 0. The first-order valence-corrected chi connectivity index (χ1v) is 11.7. The third kappa shape index (κ3) is 4.57. The molecule has 0 aliphatic heterocycles. The van der Waals surface area contributed by atoms with Gasteiger partial charge in [0.15, 0.2) is 0 Å². The Labute approximate surface area is 186 Å². The predicted molar refractivity (Wildman–Crippen MR) is 123 cm³/mol. The van der Waals surface area contributed by atoms with Crippen LogP contribution in [0.3, 0.4) is 0 Å². The van der Waals surface area contributed by atoms with Gasteiger partial charge in [0, 0.05) is 46.9 Å². The first kappa shape index (κ1) is 21.0. The van der Waals surface area contributed by atoms with Gasteiger partial charge in [-0.15, -0.1) is 11.3 Å². The van der Waals surface area contributed by atoms with Gasteiger partial charge in [-0.05, 0) is 74.8 Å². The van der Waals surface area contributed by atoms with E-state index >= 15 is 0 Å². The Kier molecular flexibility index (Phi) is 6.49. The Balaban J connectivity index is 1.38. The number of halogens is 1. The monoisotopic (exact) mass is 439 g/mol. The quantitative estimate of drug-likeness (QED) is 0.516. The maximum Gasteiger partial charge on any atom is 0.252 e. The van der Waals surface area contributed by atoms with E-state index in [0.717, 1.165) is 60.2 Å². The molecule has 0 unspecified atom stereocenters. The van der Waals surface area contributed by atoms with Gasteiger partial charge < -0.3 is 5.32 Å². The highest BCUT2D eigenvalue weighted by Gasteiger charge is 2.26. The highest BCUT2D eigenvalue weighted by Crippen LogP contribution is 2.39. The smallest absolute Gasteiger partial charge is 0.252 e. The Morgan fingerprint density at radius 2 is 1.93 bits per heavy atom. The molecular weight excluding hydrogens is 414 g/mol. The molecule has 0 saturated heterocycles. The molecule has 1 N–H and O–H groups in total. The third-order valence-corrected chi connectivity index (χ3v) is 7.41.